The van der Waals surface area contributed by atoms with Crippen molar-refractivity contribution in [3.8, 4) is 0 Å². The number of halogens is 15. The molecular weight excluding hydrogens is 521 g/mol. The zero-order chi connectivity index (χ0) is 26.4. The minimum absolute atomic E-state index is 0.128. The molecule has 4 nitrogen and oxygen atoms in total. The summed E-state index contributed by atoms with van der Waals surface area (Å²) >= 11 is 0. The lowest BCUT2D eigenvalue weighted by atomic mass is 9.94. The molecule has 0 saturated heterocycles. The van der Waals surface area contributed by atoms with Crippen LogP contribution in [0.2, 0.25) is 0 Å². The number of nitrogens with zero attached hydrogens (tertiary/aromatic N) is 1. The smallest absolute Gasteiger partial charge is 0.309 e. The van der Waals surface area contributed by atoms with Crippen LogP contribution in [-0.2, 0) is 10.0 Å². The third kappa shape index (κ3) is 4.58. The van der Waals surface area contributed by atoms with Gasteiger partial charge < -0.3 is 4.90 Å². The summed E-state index contributed by atoms with van der Waals surface area (Å²) in [7, 11) is -4.40. The van der Waals surface area contributed by atoms with Crippen LogP contribution in [0.15, 0.2) is 0 Å². The Morgan fingerprint density at radius 1 is 0.625 bits per heavy atom. The van der Waals surface area contributed by atoms with Crippen LogP contribution in [0, 0.1) is 0 Å². The summed E-state index contributed by atoms with van der Waals surface area (Å²) in [5, 5.41) is -7.38. The normalized spacial score (nSPS) is 16.1. The number of nitrogens with one attached hydrogen (secondary N) is 1. The van der Waals surface area contributed by atoms with Gasteiger partial charge in [-0.3, -0.25) is 0 Å². The average Bonchev–Trinajstić information content (AvgIpc) is 2.56. The maximum absolute atomic E-state index is 13.6. The van der Waals surface area contributed by atoms with Crippen LogP contribution in [0.1, 0.15) is 6.42 Å². The van der Waals surface area contributed by atoms with Crippen LogP contribution >= 0.6 is 0 Å². The molecule has 0 fully saturated rings. The van der Waals surface area contributed by atoms with E-state index in [2.05, 4.69) is 0 Å². The molecule has 0 unspecified atom stereocenters. The van der Waals surface area contributed by atoms with Crippen molar-refractivity contribution >= 4 is 10.0 Å². The lowest BCUT2D eigenvalue weighted by Gasteiger charge is -2.41. The third-order valence-electron chi connectivity index (χ3n) is 3.71. The summed E-state index contributed by atoms with van der Waals surface area (Å²) in [5.74, 6) is -41.6. The van der Waals surface area contributed by atoms with E-state index in [4.69, 9.17) is 0 Å². The van der Waals surface area contributed by atoms with Gasteiger partial charge in [0.25, 0.3) is 10.0 Å². The van der Waals surface area contributed by atoms with Gasteiger partial charge in [0.2, 0.25) is 0 Å². The Labute approximate surface area is 169 Å². The summed E-state index contributed by atoms with van der Waals surface area (Å²) in [6.45, 7) is -1.33. The molecule has 0 spiro atoms. The molecule has 0 aromatic heterocycles. The van der Waals surface area contributed by atoms with Crippen molar-refractivity contribution in [1.29, 1.82) is 0 Å². The Morgan fingerprint density at radius 3 is 1.31 bits per heavy atom. The van der Waals surface area contributed by atoms with Crippen molar-refractivity contribution in [3.05, 3.63) is 0 Å². The van der Waals surface area contributed by atoms with E-state index < -0.39 is 64.0 Å². The lowest BCUT2D eigenvalue weighted by Crippen LogP contribution is -2.73. The van der Waals surface area contributed by atoms with Gasteiger partial charge in [-0.25, -0.2) is 13.1 Å². The second kappa shape index (κ2) is 8.55. The highest BCUT2D eigenvalue weighted by Crippen LogP contribution is 2.62. The number of hydrogen-bond donors (Lipinski definition) is 1. The van der Waals surface area contributed by atoms with Crippen LogP contribution < -0.4 is 4.72 Å². The van der Waals surface area contributed by atoms with Crippen LogP contribution in [0.25, 0.3) is 0 Å². The molecule has 0 atom stereocenters. The van der Waals surface area contributed by atoms with E-state index in [9.17, 15) is 74.3 Å². The van der Waals surface area contributed by atoms with Crippen molar-refractivity contribution in [2.45, 2.75) is 47.5 Å². The number of sulfonamides is 1. The van der Waals surface area contributed by atoms with Crippen molar-refractivity contribution in [1.82, 2.24) is 9.62 Å². The van der Waals surface area contributed by atoms with Gasteiger partial charge in [0, 0.05) is 6.54 Å². The molecule has 0 bridgehead atoms. The zero-order valence-corrected chi connectivity index (χ0v) is 16.3. The fourth-order valence-corrected chi connectivity index (χ4v) is 2.87. The molecule has 20 heteroatoms. The minimum Gasteiger partial charge on any atom is -0.309 e. The Morgan fingerprint density at radius 2 is 0.969 bits per heavy atom. The molecule has 0 aromatic rings. The van der Waals surface area contributed by atoms with E-state index in [1.54, 1.807) is 0 Å². The standard InChI is InChI=1S/C12H13F15N2O2S/c1-29(2)5-3-4-28-32(30,31)12(26,27)10(21,22)8(17,18)6(13,14)7(15,16)9(19,20)11(23,24)25/h28H,3-5H2,1-2H3. The third-order valence-corrected chi connectivity index (χ3v) is 5.23. The van der Waals surface area contributed by atoms with Gasteiger partial charge >= 0.3 is 41.0 Å². The van der Waals surface area contributed by atoms with E-state index in [1.165, 1.54) is 19.0 Å². The molecule has 0 aliphatic rings. The first kappa shape index (κ1) is 30.8. The molecule has 0 aliphatic heterocycles. The number of hydrogen-bond acceptors (Lipinski definition) is 3. The van der Waals surface area contributed by atoms with Crippen molar-refractivity contribution < 1.29 is 74.3 Å². The van der Waals surface area contributed by atoms with Gasteiger partial charge in [0.05, 0.1) is 0 Å². The van der Waals surface area contributed by atoms with Crippen molar-refractivity contribution in [2.24, 2.45) is 0 Å². The molecule has 0 aromatic carbocycles. The van der Waals surface area contributed by atoms with E-state index in [1.807, 2.05) is 0 Å². The first-order chi connectivity index (χ1) is 13.7. The highest BCUT2D eigenvalue weighted by molar-refractivity contribution is 7.90. The van der Waals surface area contributed by atoms with Crippen LogP contribution in [0.4, 0.5) is 65.9 Å². The number of alkyl halides is 15. The van der Waals surface area contributed by atoms with Crippen LogP contribution in [-0.4, -0.2) is 81.5 Å². The number of rotatable bonds is 11. The maximum atomic E-state index is 13.6. The SMILES string of the molecule is CN(C)CCCNS(=O)(=O)C(F)(F)C(F)(F)C(F)(F)C(F)(F)C(F)(F)C(F)(F)C(F)(F)F. The topological polar surface area (TPSA) is 49.4 Å². The van der Waals surface area contributed by atoms with Crippen LogP contribution in [0.3, 0.4) is 0 Å². The first-order valence-corrected chi connectivity index (χ1v) is 9.12. The maximum Gasteiger partial charge on any atom is 0.460 e. The molecule has 0 aliphatic carbocycles. The zero-order valence-electron chi connectivity index (χ0n) is 15.5. The van der Waals surface area contributed by atoms with Crippen LogP contribution in [0.5, 0.6) is 0 Å². The summed E-state index contributed by atoms with van der Waals surface area (Å²) in [4.78, 5) is 1.28. The van der Waals surface area contributed by atoms with Gasteiger partial charge in [-0.2, -0.15) is 65.9 Å². The minimum atomic E-state index is -8.54. The molecule has 32 heavy (non-hydrogen) atoms. The van der Waals surface area contributed by atoms with Gasteiger partial charge in [-0.1, -0.05) is 0 Å². The summed E-state index contributed by atoms with van der Waals surface area (Å²) in [6, 6.07) is 0. The highest BCUT2D eigenvalue weighted by atomic mass is 32.2. The van der Waals surface area contributed by atoms with E-state index in [-0.39, 0.29) is 6.54 Å². The van der Waals surface area contributed by atoms with Gasteiger partial charge in [0.1, 0.15) is 0 Å². The monoisotopic (exact) mass is 534 g/mol. The Balaban J connectivity index is 6.37. The predicted octanol–water partition coefficient (Wildman–Crippen LogP) is 4.19. The molecule has 0 radical (unpaired) electrons. The van der Waals surface area contributed by atoms with Gasteiger partial charge in [-0.15, -0.1) is 0 Å². The average molecular weight is 534 g/mol. The van der Waals surface area contributed by atoms with E-state index >= 15 is 0 Å². The Bertz CT molecular complexity index is 761. The van der Waals surface area contributed by atoms with Gasteiger partial charge in [0.15, 0.2) is 0 Å². The second-order valence-electron chi connectivity index (χ2n) is 6.44. The highest BCUT2D eigenvalue weighted by Gasteiger charge is 2.94. The Kier molecular flexibility index (Phi) is 8.24. The Hall–Kier alpha value is -1.18. The van der Waals surface area contributed by atoms with Crippen molar-refractivity contribution in [3.63, 3.8) is 0 Å². The van der Waals surface area contributed by atoms with Crippen molar-refractivity contribution in [2.75, 3.05) is 27.2 Å². The summed E-state index contributed by atoms with van der Waals surface area (Å²) < 4.78 is 218. The van der Waals surface area contributed by atoms with E-state index in [0.29, 0.717) is 4.72 Å². The lowest BCUT2D eigenvalue weighted by molar-refractivity contribution is -0.447. The predicted molar refractivity (Wildman–Crippen MR) is 75.8 cm³/mol. The molecular formula is C12H13F15N2O2S. The molecule has 194 valence electrons. The molecule has 0 saturated carbocycles. The largest absolute Gasteiger partial charge is 0.460 e. The van der Waals surface area contributed by atoms with E-state index in [0.717, 1.165) is 0 Å². The summed E-state index contributed by atoms with van der Waals surface area (Å²) in [5.41, 5.74) is 0. The summed E-state index contributed by atoms with van der Waals surface area (Å²) in [6.07, 6.45) is -8.19. The molecule has 0 heterocycles. The van der Waals surface area contributed by atoms with Gasteiger partial charge in [-0.05, 0) is 27.1 Å². The second-order valence-corrected chi connectivity index (χ2v) is 8.25. The first-order valence-electron chi connectivity index (χ1n) is 7.64. The fraction of sp³-hybridized carbons (Fsp3) is 1.00. The molecule has 1 N–H and O–H groups in total. The fourth-order valence-electron chi connectivity index (χ4n) is 1.81. The quantitative estimate of drug-likeness (QED) is 0.320. The molecule has 0 amide bonds. The molecule has 0 rings (SSSR count).